The maximum Gasteiger partial charge on any atom is 0.379 e. The van der Waals surface area contributed by atoms with Crippen LogP contribution in [0, 0.1) is 0 Å². The Kier molecular flexibility index (Phi) is 3.77. The van der Waals surface area contributed by atoms with Crippen molar-refractivity contribution in [2.45, 2.75) is 0 Å². The minimum absolute atomic E-state index is 0.166. The van der Waals surface area contributed by atoms with Crippen molar-refractivity contribution in [2.24, 2.45) is 0 Å². The Morgan fingerprint density at radius 1 is 0.875 bits per heavy atom. The number of ether oxygens (including phenoxy) is 2. The van der Waals surface area contributed by atoms with Crippen LogP contribution >= 0.6 is 0 Å². The number of hydrogen-bond donors (Lipinski definition) is 0. The number of rotatable bonds is 3. The van der Waals surface area contributed by atoms with E-state index in [0.29, 0.717) is 5.56 Å². The van der Waals surface area contributed by atoms with E-state index in [9.17, 15) is 14.4 Å². The molecule has 0 fully saturated rings. The summed E-state index contributed by atoms with van der Waals surface area (Å²) in [6.07, 6.45) is 0. The number of ketones is 1. The largest absolute Gasteiger partial charge is 0.465 e. The Bertz CT molecular complexity index is 419. The van der Waals surface area contributed by atoms with Gasteiger partial charge in [-0.05, 0) is 24.3 Å². The second kappa shape index (κ2) is 5.06. The van der Waals surface area contributed by atoms with Gasteiger partial charge in [-0.15, -0.1) is 0 Å². The molecule has 84 valence electrons. The van der Waals surface area contributed by atoms with Crippen LogP contribution in [0.25, 0.3) is 0 Å². The van der Waals surface area contributed by atoms with E-state index in [1.54, 1.807) is 0 Å². The first-order valence-electron chi connectivity index (χ1n) is 4.41. The zero-order valence-corrected chi connectivity index (χ0v) is 8.85. The molecule has 0 saturated heterocycles. The summed E-state index contributed by atoms with van der Waals surface area (Å²) in [5.74, 6) is -2.19. The summed E-state index contributed by atoms with van der Waals surface area (Å²) in [5, 5.41) is 0. The van der Waals surface area contributed by atoms with Gasteiger partial charge < -0.3 is 9.47 Å². The molecule has 0 spiro atoms. The summed E-state index contributed by atoms with van der Waals surface area (Å²) in [5.41, 5.74) is 0.475. The molecule has 16 heavy (non-hydrogen) atoms. The molecule has 0 aromatic heterocycles. The summed E-state index contributed by atoms with van der Waals surface area (Å²) in [4.78, 5) is 33.3. The predicted molar refractivity (Wildman–Crippen MR) is 54.1 cm³/mol. The van der Waals surface area contributed by atoms with Crippen LogP contribution in [0.3, 0.4) is 0 Å². The van der Waals surface area contributed by atoms with E-state index < -0.39 is 17.7 Å². The van der Waals surface area contributed by atoms with Gasteiger partial charge in [-0.1, -0.05) is 0 Å². The van der Waals surface area contributed by atoms with E-state index in [2.05, 4.69) is 9.47 Å². The minimum Gasteiger partial charge on any atom is -0.465 e. The highest BCUT2D eigenvalue weighted by Gasteiger charge is 2.16. The summed E-state index contributed by atoms with van der Waals surface area (Å²) in [6, 6.07) is 5.54. The topological polar surface area (TPSA) is 69.7 Å². The van der Waals surface area contributed by atoms with Crippen LogP contribution in [0.1, 0.15) is 20.7 Å². The third kappa shape index (κ3) is 2.44. The van der Waals surface area contributed by atoms with Crippen molar-refractivity contribution >= 4 is 17.7 Å². The molecule has 1 rings (SSSR count). The maximum absolute atomic E-state index is 11.3. The molecular weight excluding hydrogens is 212 g/mol. The number of methoxy groups -OCH3 is 2. The fourth-order valence-corrected chi connectivity index (χ4v) is 1.09. The van der Waals surface area contributed by atoms with Crippen LogP contribution in [-0.4, -0.2) is 31.9 Å². The van der Waals surface area contributed by atoms with Gasteiger partial charge in [-0.2, -0.15) is 0 Å². The number of carbonyl (C=O) groups excluding carboxylic acids is 3. The molecule has 5 nitrogen and oxygen atoms in total. The molecule has 0 radical (unpaired) electrons. The predicted octanol–water partition coefficient (Wildman–Crippen LogP) is 0.829. The average molecular weight is 222 g/mol. The van der Waals surface area contributed by atoms with Crippen LogP contribution in [0.15, 0.2) is 24.3 Å². The first-order valence-corrected chi connectivity index (χ1v) is 4.41. The normalized spacial score (nSPS) is 9.38. The molecule has 0 aliphatic rings. The van der Waals surface area contributed by atoms with Gasteiger partial charge in [0.15, 0.2) is 0 Å². The van der Waals surface area contributed by atoms with Crippen LogP contribution in [-0.2, 0) is 14.3 Å². The van der Waals surface area contributed by atoms with E-state index in [1.165, 1.54) is 31.4 Å². The quantitative estimate of drug-likeness (QED) is 0.430. The summed E-state index contributed by atoms with van der Waals surface area (Å²) < 4.78 is 8.77. The van der Waals surface area contributed by atoms with Crippen molar-refractivity contribution in [1.82, 2.24) is 0 Å². The van der Waals surface area contributed by atoms with Crippen molar-refractivity contribution in [3.05, 3.63) is 35.4 Å². The highest BCUT2D eigenvalue weighted by Crippen LogP contribution is 2.07. The van der Waals surface area contributed by atoms with Crippen molar-refractivity contribution in [1.29, 1.82) is 0 Å². The lowest BCUT2D eigenvalue weighted by atomic mass is 10.1. The number of carbonyl (C=O) groups is 3. The maximum atomic E-state index is 11.3. The monoisotopic (exact) mass is 222 g/mol. The van der Waals surface area contributed by atoms with E-state index in [0.717, 1.165) is 7.11 Å². The number of esters is 2. The van der Waals surface area contributed by atoms with Crippen LogP contribution < -0.4 is 0 Å². The van der Waals surface area contributed by atoms with Gasteiger partial charge in [0.1, 0.15) is 0 Å². The zero-order valence-electron chi connectivity index (χ0n) is 8.85. The SMILES string of the molecule is COC(=O)C(=O)c1ccc(C(=O)OC)cc1. The van der Waals surface area contributed by atoms with E-state index in [1.807, 2.05) is 0 Å². The highest BCUT2D eigenvalue weighted by atomic mass is 16.5. The fourth-order valence-electron chi connectivity index (χ4n) is 1.09. The van der Waals surface area contributed by atoms with Gasteiger partial charge in [0.25, 0.3) is 5.78 Å². The highest BCUT2D eigenvalue weighted by molar-refractivity contribution is 6.40. The summed E-state index contributed by atoms with van der Waals surface area (Å²) in [6.45, 7) is 0. The molecule has 0 atom stereocenters. The van der Waals surface area contributed by atoms with E-state index >= 15 is 0 Å². The van der Waals surface area contributed by atoms with Gasteiger partial charge in [0.2, 0.25) is 0 Å². The lowest BCUT2D eigenvalue weighted by molar-refractivity contribution is -0.135. The Morgan fingerprint density at radius 2 is 1.38 bits per heavy atom. The van der Waals surface area contributed by atoms with Crippen LogP contribution in [0.2, 0.25) is 0 Å². The molecule has 0 bridgehead atoms. The van der Waals surface area contributed by atoms with Crippen LogP contribution in [0.4, 0.5) is 0 Å². The van der Waals surface area contributed by atoms with E-state index in [-0.39, 0.29) is 5.56 Å². The molecule has 0 heterocycles. The van der Waals surface area contributed by atoms with Gasteiger partial charge in [-0.25, -0.2) is 9.59 Å². The average Bonchev–Trinajstić information content (AvgIpc) is 2.36. The molecule has 0 aliphatic heterocycles. The third-order valence-electron chi connectivity index (χ3n) is 1.94. The molecule has 0 aliphatic carbocycles. The molecule has 0 unspecified atom stereocenters. The Labute approximate surface area is 92.0 Å². The van der Waals surface area contributed by atoms with Crippen molar-refractivity contribution in [2.75, 3.05) is 14.2 Å². The second-order valence-corrected chi connectivity index (χ2v) is 2.89. The Balaban J connectivity index is 2.91. The van der Waals surface area contributed by atoms with Gasteiger partial charge >= 0.3 is 11.9 Å². The molecule has 1 aromatic carbocycles. The first kappa shape index (κ1) is 11.9. The lowest BCUT2D eigenvalue weighted by Crippen LogP contribution is -2.15. The molecule has 1 aromatic rings. The Hall–Kier alpha value is -2.17. The second-order valence-electron chi connectivity index (χ2n) is 2.89. The molecule has 0 saturated carbocycles. The molecule has 5 heteroatoms. The summed E-state index contributed by atoms with van der Waals surface area (Å²) >= 11 is 0. The van der Waals surface area contributed by atoms with Crippen LogP contribution in [0.5, 0.6) is 0 Å². The molecule has 0 N–H and O–H groups in total. The fraction of sp³-hybridized carbons (Fsp3) is 0.182. The number of hydrogen-bond acceptors (Lipinski definition) is 5. The summed E-state index contributed by atoms with van der Waals surface area (Å²) in [7, 11) is 2.39. The molecular formula is C11H10O5. The number of benzene rings is 1. The van der Waals surface area contributed by atoms with Gasteiger partial charge in [0.05, 0.1) is 19.8 Å². The minimum atomic E-state index is -0.939. The van der Waals surface area contributed by atoms with Crippen molar-refractivity contribution < 1.29 is 23.9 Å². The first-order chi connectivity index (χ1) is 7.60. The van der Waals surface area contributed by atoms with Gasteiger partial charge in [-0.3, -0.25) is 4.79 Å². The van der Waals surface area contributed by atoms with E-state index in [4.69, 9.17) is 0 Å². The molecule has 0 amide bonds. The third-order valence-corrected chi connectivity index (χ3v) is 1.94. The smallest absolute Gasteiger partial charge is 0.379 e. The number of Topliss-reactive ketones (excluding diaryl/α,β-unsaturated/α-hetero) is 1. The van der Waals surface area contributed by atoms with Crippen molar-refractivity contribution in [3.63, 3.8) is 0 Å². The standard InChI is InChI=1S/C11H10O5/c1-15-10(13)8-5-3-7(4-6-8)9(12)11(14)16-2/h3-6H,1-2H3. The Morgan fingerprint density at radius 3 is 1.81 bits per heavy atom. The zero-order chi connectivity index (χ0) is 12.1. The van der Waals surface area contributed by atoms with Crippen molar-refractivity contribution in [3.8, 4) is 0 Å². The van der Waals surface area contributed by atoms with Gasteiger partial charge in [0, 0.05) is 5.56 Å². The lowest BCUT2D eigenvalue weighted by Gasteiger charge is -2.01.